The number of thioether (sulfide) groups is 1. The highest BCUT2D eigenvalue weighted by Crippen LogP contribution is 2.48. The topological polar surface area (TPSA) is 17.1 Å². The molecule has 0 amide bonds. The molecular weight excluding hydrogens is 312 g/mol. The molecule has 3 aromatic rings. The predicted octanol–water partition coefficient (Wildman–Crippen LogP) is 5.65. The summed E-state index contributed by atoms with van der Waals surface area (Å²) in [6, 6.07) is 30.9. The van der Waals surface area contributed by atoms with Crippen LogP contribution in [0.15, 0.2) is 91.0 Å². The van der Waals surface area contributed by atoms with E-state index in [9.17, 15) is 4.79 Å². The van der Waals surface area contributed by atoms with Crippen molar-refractivity contribution in [1.29, 1.82) is 0 Å². The van der Waals surface area contributed by atoms with Gasteiger partial charge < -0.3 is 0 Å². The number of benzene rings is 3. The van der Waals surface area contributed by atoms with Crippen LogP contribution in [0.25, 0.3) is 0 Å². The molecule has 1 nitrogen and oxygen atoms in total. The summed E-state index contributed by atoms with van der Waals surface area (Å²) in [4.78, 5) is 12.5. The Morgan fingerprint density at radius 3 is 1.33 bits per heavy atom. The lowest BCUT2D eigenvalue weighted by Gasteiger charge is -2.34. The maximum absolute atomic E-state index is 12.5. The number of carbonyl (C=O) groups excluding carboxylic acids is 1. The number of hydrogen-bond donors (Lipinski definition) is 0. The molecule has 0 atom stereocenters. The minimum atomic E-state index is -0.531. The van der Waals surface area contributed by atoms with Crippen LogP contribution in [0, 0.1) is 0 Å². The number of rotatable bonds is 5. The van der Waals surface area contributed by atoms with E-state index in [1.807, 2.05) is 61.5 Å². The van der Waals surface area contributed by atoms with E-state index in [2.05, 4.69) is 36.4 Å². The van der Waals surface area contributed by atoms with Crippen LogP contribution in [0.2, 0.25) is 0 Å². The number of hydrogen-bond acceptors (Lipinski definition) is 2. The van der Waals surface area contributed by atoms with E-state index >= 15 is 0 Å². The normalized spacial score (nSPS) is 11.2. The first-order chi connectivity index (χ1) is 11.8. The standard InChI is InChI=1S/C22H20OS/c1-2-21(23)24-22(18-12-6-3-7-13-18,19-14-8-4-9-15-19)20-16-10-5-11-17-20/h3-17H,2H2,1H3. The van der Waals surface area contributed by atoms with Crippen molar-refractivity contribution in [3.8, 4) is 0 Å². The van der Waals surface area contributed by atoms with Crippen molar-refractivity contribution >= 4 is 16.9 Å². The summed E-state index contributed by atoms with van der Waals surface area (Å²) >= 11 is 1.41. The predicted molar refractivity (Wildman–Crippen MR) is 102 cm³/mol. The second-order valence-corrected chi connectivity index (χ2v) is 6.88. The molecule has 0 N–H and O–H groups in total. The van der Waals surface area contributed by atoms with Crippen LogP contribution in [0.4, 0.5) is 0 Å². The third kappa shape index (κ3) is 3.15. The Morgan fingerprint density at radius 1 is 0.708 bits per heavy atom. The van der Waals surface area contributed by atoms with E-state index in [-0.39, 0.29) is 5.12 Å². The van der Waals surface area contributed by atoms with Crippen LogP contribution in [0.1, 0.15) is 30.0 Å². The van der Waals surface area contributed by atoms with Gasteiger partial charge in [0, 0.05) is 6.42 Å². The van der Waals surface area contributed by atoms with Gasteiger partial charge in [0.05, 0.1) is 4.75 Å². The number of carbonyl (C=O) groups is 1. The zero-order valence-electron chi connectivity index (χ0n) is 13.7. The molecule has 0 aliphatic carbocycles. The van der Waals surface area contributed by atoms with Crippen LogP contribution in [-0.4, -0.2) is 5.12 Å². The first kappa shape index (κ1) is 16.5. The first-order valence-corrected chi connectivity index (χ1v) is 8.97. The summed E-state index contributed by atoms with van der Waals surface area (Å²) < 4.78 is -0.531. The molecule has 0 aliphatic rings. The lowest BCUT2D eigenvalue weighted by atomic mass is 9.84. The third-order valence-corrected chi connectivity index (χ3v) is 5.63. The van der Waals surface area contributed by atoms with Crippen molar-refractivity contribution in [2.45, 2.75) is 18.1 Å². The van der Waals surface area contributed by atoms with Gasteiger partial charge in [0.1, 0.15) is 0 Å². The van der Waals surface area contributed by atoms with Gasteiger partial charge >= 0.3 is 0 Å². The Hall–Kier alpha value is -2.32. The van der Waals surface area contributed by atoms with Crippen molar-refractivity contribution in [2.24, 2.45) is 0 Å². The Kier molecular flexibility index (Phi) is 5.17. The Morgan fingerprint density at radius 2 is 1.04 bits per heavy atom. The van der Waals surface area contributed by atoms with E-state index in [0.29, 0.717) is 6.42 Å². The van der Waals surface area contributed by atoms with Crippen LogP contribution in [-0.2, 0) is 9.54 Å². The van der Waals surface area contributed by atoms with Crippen molar-refractivity contribution in [2.75, 3.05) is 0 Å². The summed E-state index contributed by atoms with van der Waals surface area (Å²) in [6.07, 6.45) is 0.513. The molecule has 0 aliphatic heterocycles. The molecule has 0 radical (unpaired) electrons. The molecule has 0 bridgehead atoms. The second kappa shape index (κ2) is 7.50. The highest BCUT2D eigenvalue weighted by molar-refractivity contribution is 8.14. The summed E-state index contributed by atoms with van der Waals surface area (Å²) in [6.45, 7) is 1.92. The summed E-state index contributed by atoms with van der Waals surface area (Å²) in [7, 11) is 0. The highest BCUT2D eigenvalue weighted by Gasteiger charge is 2.38. The van der Waals surface area contributed by atoms with Gasteiger partial charge in [0.15, 0.2) is 5.12 Å². The van der Waals surface area contributed by atoms with Gasteiger partial charge in [-0.25, -0.2) is 0 Å². The van der Waals surface area contributed by atoms with Crippen LogP contribution >= 0.6 is 11.8 Å². The molecule has 0 heterocycles. The fourth-order valence-electron chi connectivity index (χ4n) is 2.94. The second-order valence-electron chi connectivity index (χ2n) is 5.61. The average Bonchev–Trinajstić information content (AvgIpc) is 2.68. The maximum Gasteiger partial charge on any atom is 0.190 e. The molecule has 0 spiro atoms. The Bertz CT molecular complexity index is 685. The quantitative estimate of drug-likeness (QED) is 0.562. The maximum atomic E-state index is 12.5. The van der Waals surface area contributed by atoms with Gasteiger partial charge in [0.25, 0.3) is 0 Å². The summed E-state index contributed by atoms with van der Waals surface area (Å²) in [5.74, 6) is 0. The smallest absolute Gasteiger partial charge is 0.190 e. The van der Waals surface area contributed by atoms with Crippen LogP contribution in [0.3, 0.4) is 0 Å². The Balaban J connectivity index is 2.30. The van der Waals surface area contributed by atoms with Gasteiger partial charge in [-0.15, -0.1) is 0 Å². The molecular formula is C22H20OS. The molecule has 24 heavy (non-hydrogen) atoms. The zero-order chi connectivity index (χ0) is 16.8. The van der Waals surface area contributed by atoms with Crippen molar-refractivity contribution in [1.82, 2.24) is 0 Å². The fourth-order valence-corrected chi connectivity index (χ4v) is 4.19. The lowest BCUT2D eigenvalue weighted by molar-refractivity contribution is -0.110. The van der Waals surface area contributed by atoms with Crippen molar-refractivity contribution < 1.29 is 4.79 Å². The SMILES string of the molecule is CCC(=O)SC(c1ccccc1)(c1ccccc1)c1ccccc1. The first-order valence-electron chi connectivity index (χ1n) is 8.16. The molecule has 3 aromatic carbocycles. The molecule has 0 saturated carbocycles. The minimum Gasteiger partial charge on any atom is -0.287 e. The Labute approximate surface area is 147 Å². The van der Waals surface area contributed by atoms with Gasteiger partial charge in [-0.3, -0.25) is 4.79 Å². The molecule has 0 fully saturated rings. The molecule has 2 heteroatoms. The van der Waals surface area contributed by atoms with E-state index in [1.54, 1.807) is 0 Å². The fraction of sp³-hybridized carbons (Fsp3) is 0.136. The van der Waals surface area contributed by atoms with Gasteiger partial charge in [0.2, 0.25) is 0 Å². The molecule has 0 saturated heterocycles. The van der Waals surface area contributed by atoms with Gasteiger partial charge in [-0.05, 0) is 16.7 Å². The largest absolute Gasteiger partial charge is 0.287 e. The van der Waals surface area contributed by atoms with Gasteiger partial charge in [-0.1, -0.05) is 110 Å². The lowest BCUT2D eigenvalue weighted by Crippen LogP contribution is -2.27. The summed E-state index contributed by atoms with van der Waals surface area (Å²) in [5.41, 5.74) is 3.36. The monoisotopic (exact) mass is 332 g/mol. The molecule has 0 aromatic heterocycles. The van der Waals surface area contributed by atoms with E-state index in [1.165, 1.54) is 11.8 Å². The van der Waals surface area contributed by atoms with Crippen molar-refractivity contribution in [3.05, 3.63) is 108 Å². The average molecular weight is 332 g/mol. The van der Waals surface area contributed by atoms with Crippen molar-refractivity contribution in [3.63, 3.8) is 0 Å². The molecule has 120 valence electrons. The van der Waals surface area contributed by atoms with Crippen LogP contribution in [0.5, 0.6) is 0 Å². The molecule has 0 unspecified atom stereocenters. The zero-order valence-corrected chi connectivity index (χ0v) is 14.5. The van der Waals surface area contributed by atoms with Gasteiger partial charge in [-0.2, -0.15) is 0 Å². The van der Waals surface area contributed by atoms with Crippen LogP contribution < -0.4 is 0 Å². The van der Waals surface area contributed by atoms with E-state index < -0.39 is 4.75 Å². The van der Waals surface area contributed by atoms with E-state index in [0.717, 1.165) is 16.7 Å². The highest BCUT2D eigenvalue weighted by atomic mass is 32.2. The van der Waals surface area contributed by atoms with E-state index in [4.69, 9.17) is 0 Å². The third-order valence-electron chi connectivity index (χ3n) is 4.10. The molecule has 3 rings (SSSR count). The summed E-state index contributed by atoms with van der Waals surface area (Å²) in [5, 5.41) is 0.187. The minimum absolute atomic E-state index is 0.187.